The molecular weight excluding hydrogens is 248 g/mol. The van der Waals surface area contributed by atoms with Gasteiger partial charge in [-0.25, -0.2) is 9.78 Å². The molecule has 0 amide bonds. The molecule has 0 saturated carbocycles. The SMILES string of the molecule is Cn1c(=O)c2[nH]c([Si](O)(O)O)nc2n(C)c1=O. The lowest BCUT2D eigenvalue weighted by atomic mass is 10.5. The maximum Gasteiger partial charge on any atom is 0.566 e. The number of H-pyrrole nitrogens is 1. The first-order valence-corrected chi connectivity index (χ1v) is 6.41. The van der Waals surface area contributed by atoms with Crippen molar-refractivity contribution >= 4 is 25.4 Å². The Hall–Kier alpha value is -1.75. The minimum absolute atomic E-state index is 0.0397. The van der Waals surface area contributed by atoms with Gasteiger partial charge < -0.3 is 19.4 Å². The van der Waals surface area contributed by atoms with Gasteiger partial charge in [0.15, 0.2) is 11.1 Å². The fourth-order valence-electron chi connectivity index (χ4n) is 1.48. The van der Waals surface area contributed by atoms with Crippen LogP contribution in [-0.4, -0.2) is 42.3 Å². The molecule has 92 valence electrons. The summed E-state index contributed by atoms with van der Waals surface area (Å²) in [6, 6.07) is 0. The van der Waals surface area contributed by atoms with Gasteiger partial charge in [-0.15, -0.1) is 0 Å². The van der Waals surface area contributed by atoms with Gasteiger partial charge in [-0.1, -0.05) is 0 Å². The molecule has 0 atom stereocenters. The van der Waals surface area contributed by atoms with Gasteiger partial charge >= 0.3 is 14.5 Å². The maximum absolute atomic E-state index is 11.7. The van der Waals surface area contributed by atoms with E-state index in [0.717, 1.165) is 9.13 Å². The van der Waals surface area contributed by atoms with E-state index >= 15 is 0 Å². The Labute approximate surface area is 94.6 Å². The van der Waals surface area contributed by atoms with Crippen LogP contribution in [0, 0.1) is 0 Å². The average Bonchev–Trinajstić information content (AvgIpc) is 2.67. The Kier molecular flexibility index (Phi) is 2.32. The fourth-order valence-corrected chi connectivity index (χ4v) is 2.03. The molecule has 2 aromatic heterocycles. The van der Waals surface area contributed by atoms with Crippen LogP contribution in [0.15, 0.2) is 9.59 Å². The maximum atomic E-state index is 11.7. The van der Waals surface area contributed by atoms with Crippen LogP contribution in [0.25, 0.3) is 11.2 Å². The number of rotatable bonds is 1. The van der Waals surface area contributed by atoms with E-state index in [-0.39, 0.29) is 11.2 Å². The highest BCUT2D eigenvalue weighted by molar-refractivity contribution is 6.70. The summed E-state index contributed by atoms with van der Waals surface area (Å²) in [6.07, 6.45) is 0. The standard InChI is InChI=1S/C7H10N4O5Si/c1-10-4-3(5(12)11(2)7(10)13)8-6(9-4)17(14,15)16/h14-16H,1-2H3,(H,8,9). The lowest BCUT2D eigenvalue weighted by Crippen LogP contribution is -2.51. The Morgan fingerprint density at radius 2 is 1.76 bits per heavy atom. The summed E-state index contributed by atoms with van der Waals surface area (Å²) in [5, 5.41) is 0. The van der Waals surface area contributed by atoms with Crippen LogP contribution in [-0.2, 0) is 14.1 Å². The van der Waals surface area contributed by atoms with Gasteiger partial charge in [-0.2, -0.15) is 0 Å². The molecule has 0 aliphatic rings. The Balaban J connectivity index is 2.97. The molecule has 2 heterocycles. The third kappa shape index (κ3) is 1.63. The van der Waals surface area contributed by atoms with Crippen LogP contribution in [0.4, 0.5) is 0 Å². The summed E-state index contributed by atoms with van der Waals surface area (Å²) < 4.78 is 1.91. The summed E-state index contributed by atoms with van der Waals surface area (Å²) in [7, 11) is -1.96. The quantitative estimate of drug-likeness (QED) is 0.386. The molecule has 0 radical (unpaired) electrons. The van der Waals surface area contributed by atoms with E-state index in [1.165, 1.54) is 14.1 Å². The van der Waals surface area contributed by atoms with Crippen molar-refractivity contribution in [3.63, 3.8) is 0 Å². The molecule has 0 aliphatic carbocycles. The minimum atomic E-state index is -4.63. The van der Waals surface area contributed by atoms with Crippen molar-refractivity contribution in [2.75, 3.05) is 0 Å². The average molecular weight is 258 g/mol. The van der Waals surface area contributed by atoms with Crippen molar-refractivity contribution in [3.8, 4) is 0 Å². The van der Waals surface area contributed by atoms with Crippen molar-refractivity contribution < 1.29 is 14.4 Å². The first-order chi connectivity index (χ1) is 7.73. The third-order valence-electron chi connectivity index (χ3n) is 2.41. The van der Waals surface area contributed by atoms with E-state index in [9.17, 15) is 9.59 Å². The minimum Gasteiger partial charge on any atom is -0.385 e. The number of aromatic amines is 1. The monoisotopic (exact) mass is 258 g/mol. The number of fused-ring (bicyclic) bond motifs is 1. The summed E-state index contributed by atoms with van der Waals surface area (Å²) in [5.74, 6) is 0. The van der Waals surface area contributed by atoms with Crippen LogP contribution in [0.2, 0.25) is 0 Å². The highest BCUT2D eigenvalue weighted by atomic mass is 28.4. The zero-order chi connectivity index (χ0) is 13.0. The molecule has 0 saturated heterocycles. The Morgan fingerprint density at radius 1 is 1.18 bits per heavy atom. The van der Waals surface area contributed by atoms with Crippen molar-refractivity contribution in [2.24, 2.45) is 14.1 Å². The molecule has 0 aliphatic heterocycles. The molecule has 0 spiro atoms. The van der Waals surface area contributed by atoms with Crippen LogP contribution >= 0.6 is 0 Å². The van der Waals surface area contributed by atoms with Crippen molar-refractivity contribution in [3.05, 3.63) is 20.8 Å². The second-order valence-corrected chi connectivity index (χ2v) is 5.37. The smallest absolute Gasteiger partial charge is 0.385 e. The molecule has 17 heavy (non-hydrogen) atoms. The first-order valence-electron chi connectivity index (χ1n) is 4.57. The van der Waals surface area contributed by atoms with E-state index in [1.54, 1.807) is 0 Å². The summed E-state index contributed by atoms with van der Waals surface area (Å²) in [6.45, 7) is 0. The number of hydrogen-bond donors (Lipinski definition) is 4. The van der Waals surface area contributed by atoms with Gasteiger partial charge in [-0.05, 0) is 0 Å². The molecular formula is C7H10N4O5Si. The van der Waals surface area contributed by atoms with Gasteiger partial charge in [-0.3, -0.25) is 13.9 Å². The summed E-state index contributed by atoms with van der Waals surface area (Å²) in [4.78, 5) is 56.4. The van der Waals surface area contributed by atoms with Crippen LogP contribution in [0.1, 0.15) is 0 Å². The van der Waals surface area contributed by atoms with Gasteiger partial charge in [0.05, 0.1) is 0 Å². The summed E-state index contributed by atoms with van der Waals surface area (Å²) in [5.41, 5.74) is -1.85. The van der Waals surface area contributed by atoms with E-state index in [0.29, 0.717) is 0 Å². The van der Waals surface area contributed by atoms with Crippen molar-refractivity contribution in [1.29, 1.82) is 0 Å². The predicted octanol–water partition coefficient (Wildman–Crippen LogP) is -3.92. The molecule has 0 fully saturated rings. The predicted molar refractivity (Wildman–Crippen MR) is 58.6 cm³/mol. The second kappa shape index (κ2) is 3.37. The lowest BCUT2D eigenvalue weighted by Gasteiger charge is -2.03. The Bertz CT molecular complexity index is 706. The summed E-state index contributed by atoms with van der Waals surface area (Å²) >= 11 is 0. The molecule has 9 nitrogen and oxygen atoms in total. The molecule has 0 unspecified atom stereocenters. The molecule has 2 rings (SSSR count). The zero-order valence-corrected chi connectivity index (χ0v) is 10.00. The number of nitrogens with zero attached hydrogens (tertiary/aromatic N) is 3. The highest BCUT2D eigenvalue weighted by Crippen LogP contribution is 1.99. The van der Waals surface area contributed by atoms with Crippen LogP contribution in [0.3, 0.4) is 0 Å². The zero-order valence-electron chi connectivity index (χ0n) is 9.00. The second-order valence-electron chi connectivity index (χ2n) is 3.63. The van der Waals surface area contributed by atoms with E-state index < -0.39 is 25.5 Å². The number of hydrogen-bond acceptors (Lipinski definition) is 6. The molecule has 2 aromatic rings. The molecule has 10 heteroatoms. The van der Waals surface area contributed by atoms with Crippen LogP contribution < -0.4 is 16.7 Å². The topological polar surface area (TPSA) is 133 Å². The van der Waals surface area contributed by atoms with Gasteiger partial charge in [0.2, 0.25) is 0 Å². The van der Waals surface area contributed by atoms with Gasteiger partial charge in [0.25, 0.3) is 5.56 Å². The van der Waals surface area contributed by atoms with Crippen LogP contribution in [0.5, 0.6) is 0 Å². The third-order valence-corrected chi connectivity index (χ3v) is 3.28. The van der Waals surface area contributed by atoms with Gasteiger partial charge in [0.1, 0.15) is 5.52 Å². The van der Waals surface area contributed by atoms with E-state index in [4.69, 9.17) is 14.4 Å². The number of aryl methyl sites for hydroxylation is 1. The number of nitrogens with one attached hydrogen (secondary N) is 1. The number of imidazole rings is 1. The van der Waals surface area contributed by atoms with Gasteiger partial charge in [0, 0.05) is 14.1 Å². The normalized spacial score (nSPS) is 12.3. The van der Waals surface area contributed by atoms with Crippen molar-refractivity contribution in [2.45, 2.75) is 0 Å². The molecule has 0 bridgehead atoms. The first kappa shape index (κ1) is 11.7. The Morgan fingerprint density at radius 3 is 2.29 bits per heavy atom. The lowest BCUT2D eigenvalue weighted by molar-refractivity contribution is 0.247. The number of aromatic nitrogens is 4. The highest BCUT2D eigenvalue weighted by Gasteiger charge is 2.35. The largest absolute Gasteiger partial charge is 0.566 e. The van der Waals surface area contributed by atoms with E-state index in [1.807, 2.05) is 0 Å². The van der Waals surface area contributed by atoms with E-state index in [2.05, 4.69) is 9.97 Å². The van der Waals surface area contributed by atoms with Crippen molar-refractivity contribution in [1.82, 2.24) is 19.1 Å². The fraction of sp³-hybridized carbons (Fsp3) is 0.286. The molecule has 4 N–H and O–H groups in total. The molecule has 0 aromatic carbocycles.